The SMILES string of the molecule is C=CC(=O)N1C[C@@H]2C[C@H]1CN2c1cc(C(=O)Nc2cc(O)cc3ccccc23)nc(OC[C@@H]2CCCN2C)n1.CCOC(=O)c1cc(N2C[C@@H]3C[C@H]2CN3C(=O)OC(C)(C)C)nc(Cl)n1. The zero-order valence-corrected chi connectivity index (χ0v) is 38.0. The summed E-state index contributed by atoms with van der Waals surface area (Å²) in [6.07, 6.45) is 4.89. The molecule has 7 heterocycles. The molecule has 2 aromatic carbocycles. The highest BCUT2D eigenvalue weighted by atomic mass is 35.5. The zero-order chi connectivity index (χ0) is 46.2. The lowest BCUT2D eigenvalue weighted by molar-refractivity contribution is -0.127. The number of nitrogens with one attached hydrogen (secondary N) is 1. The number of carbonyl (C=O) groups excluding carboxylic acids is 4. The number of amides is 3. The summed E-state index contributed by atoms with van der Waals surface area (Å²) in [6.45, 7) is 15.0. The number of aromatic nitrogens is 4. The lowest BCUT2D eigenvalue weighted by atomic mass is 10.1. The Bertz CT molecular complexity index is 2490. The van der Waals surface area contributed by atoms with Crippen LogP contribution in [0.1, 0.15) is 74.4 Å². The monoisotopic (exact) mass is 910 g/mol. The highest BCUT2D eigenvalue weighted by Crippen LogP contribution is 2.37. The molecule has 344 valence electrons. The minimum Gasteiger partial charge on any atom is -0.508 e. The van der Waals surface area contributed by atoms with Crippen molar-refractivity contribution < 1.29 is 38.5 Å². The van der Waals surface area contributed by atoms with Gasteiger partial charge in [0.25, 0.3) is 5.91 Å². The molecule has 4 aromatic rings. The molecule has 3 amide bonds. The molecule has 65 heavy (non-hydrogen) atoms. The number of ether oxygens (including phenoxy) is 3. The molecule has 5 saturated heterocycles. The molecule has 2 N–H and O–H groups in total. The summed E-state index contributed by atoms with van der Waals surface area (Å²) in [5.74, 6) is 0.216. The van der Waals surface area contributed by atoms with Crippen molar-refractivity contribution in [1.29, 1.82) is 0 Å². The number of likely N-dealkylation sites (tertiary alicyclic amines) is 3. The van der Waals surface area contributed by atoms with Crippen LogP contribution in [0.4, 0.5) is 22.1 Å². The van der Waals surface area contributed by atoms with Gasteiger partial charge in [0.05, 0.1) is 36.5 Å². The lowest BCUT2D eigenvalue weighted by Gasteiger charge is -2.35. The smallest absolute Gasteiger partial charge is 0.410 e. The number of carbonyl (C=O) groups is 4. The summed E-state index contributed by atoms with van der Waals surface area (Å²) >= 11 is 5.99. The number of piperazine rings is 2. The second-order valence-electron chi connectivity index (χ2n) is 18.0. The predicted molar refractivity (Wildman–Crippen MR) is 244 cm³/mol. The second-order valence-corrected chi connectivity index (χ2v) is 18.3. The summed E-state index contributed by atoms with van der Waals surface area (Å²) in [5.41, 5.74) is 0.273. The Balaban J connectivity index is 0.000000193. The van der Waals surface area contributed by atoms with Gasteiger partial charge in [-0.1, -0.05) is 30.8 Å². The Morgan fingerprint density at radius 3 is 2.20 bits per heavy atom. The van der Waals surface area contributed by atoms with E-state index in [2.05, 4.69) is 48.6 Å². The Hall–Kier alpha value is -6.27. The third-order valence-corrected chi connectivity index (χ3v) is 12.6. The van der Waals surface area contributed by atoms with Gasteiger partial charge in [0.1, 0.15) is 35.3 Å². The van der Waals surface area contributed by atoms with Gasteiger partial charge in [0.2, 0.25) is 11.2 Å². The third-order valence-electron chi connectivity index (χ3n) is 12.4. The quantitative estimate of drug-likeness (QED) is 0.114. The average molecular weight is 911 g/mol. The number of phenolic OH excluding ortho intramolecular Hbond substituents is 1. The number of halogens is 1. The first-order valence-electron chi connectivity index (χ1n) is 22.0. The van der Waals surface area contributed by atoms with Gasteiger partial charge in [-0.15, -0.1) is 0 Å². The molecule has 5 aliphatic rings. The zero-order valence-electron chi connectivity index (χ0n) is 37.3. The first-order chi connectivity index (χ1) is 31.1. The van der Waals surface area contributed by atoms with Crippen molar-refractivity contribution in [2.75, 3.05) is 68.1 Å². The van der Waals surface area contributed by atoms with Crippen molar-refractivity contribution in [2.45, 2.75) is 89.2 Å². The van der Waals surface area contributed by atoms with Crippen LogP contribution in [0.3, 0.4) is 0 Å². The van der Waals surface area contributed by atoms with E-state index in [1.807, 2.05) is 49.9 Å². The number of benzene rings is 2. The van der Waals surface area contributed by atoms with Gasteiger partial charge in [0, 0.05) is 55.8 Å². The Kier molecular flexibility index (Phi) is 13.0. The van der Waals surface area contributed by atoms with Crippen LogP contribution in [0.5, 0.6) is 11.8 Å². The van der Waals surface area contributed by atoms with Crippen molar-refractivity contribution in [1.82, 2.24) is 34.6 Å². The number of phenols is 1. The lowest BCUT2D eigenvalue weighted by Crippen LogP contribution is -2.50. The van der Waals surface area contributed by atoms with Crippen LogP contribution in [0.25, 0.3) is 10.8 Å². The first-order valence-corrected chi connectivity index (χ1v) is 22.4. The number of fused-ring (bicyclic) bond motifs is 5. The molecule has 9 rings (SSSR count). The maximum atomic E-state index is 13.5. The van der Waals surface area contributed by atoms with E-state index in [4.69, 9.17) is 30.8 Å². The van der Waals surface area contributed by atoms with Gasteiger partial charge < -0.3 is 49.1 Å². The van der Waals surface area contributed by atoms with Crippen LogP contribution >= 0.6 is 11.6 Å². The molecule has 18 nitrogen and oxygen atoms in total. The van der Waals surface area contributed by atoms with Crippen LogP contribution in [-0.2, 0) is 14.3 Å². The topological polar surface area (TPSA) is 196 Å². The van der Waals surface area contributed by atoms with E-state index in [-0.39, 0.29) is 77.2 Å². The molecule has 0 aliphatic carbocycles. The van der Waals surface area contributed by atoms with E-state index in [0.29, 0.717) is 50.1 Å². The molecule has 5 aliphatic heterocycles. The fraction of sp³-hybridized carbons (Fsp3) is 0.478. The fourth-order valence-electron chi connectivity index (χ4n) is 9.37. The van der Waals surface area contributed by atoms with Crippen molar-refractivity contribution >= 4 is 63.6 Å². The molecule has 4 bridgehead atoms. The normalized spacial score (nSPS) is 22.2. The van der Waals surface area contributed by atoms with Crippen LogP contribution in [0.2, 0.25) is 5.28 Å². The summed E-state index contributed by atoms with van der Waals surface area (Å²) in [6, 6.07) is 14.7. The van der Waals surface area contributed by atoms with Crippen LogP contribution in [0, 0.1) is 0 Å². The minimum absolute atomic E-state index is 0.00248. The first kappa shape index (κ1) is 45.3. The number of anilines is 3. The summed E-state index contributed by atoms with van der Waals surface area (Å²) in [4.78, 5) is 77.5. The highest BCUT2D eigenvalue weighted by Gasteiger charge is 2.48. The number of rotatable bonds is 10. The third kappa shape index (κ3) is 10.0. The molecule has 0 spiro atoms. The maximum Gasteiger partial charge on any atom is 0.410 e. The van der Waals surface area contributed by atoms with Crippen molar-refractivity contribution in [3.05, 3.63) is 77.9 Å². The van der Waals surface area contributed by atoms with E-state index in [0.717, 1.165) is 43.0 Å². The van der Waals surface area contributed by atoms with Gasteiger partial charge >= 0.3 is 18.1 Å². The maximum absolute atomic E-state index is 13.5. The van der Waals surface area contributed by atoms with Crippen LogP contribution in [0.15, 0.2) is 61.2 Å². The number of esters is 1. The Labute approximate surface area is 382 Å². The molecule has 0 radical (unpaired) electrons. The number of likely N-dealkylation sites (N-methyl/N-ethyl adjacent to an activating group) is 1. The molecule has 0 unspecified atom stereocenters. The summed E-state index contributed by atoms with van der Waals surface area (Å²) < 4.78 is 16.5. The van der Waals surface area contributed by atoms with Gasteiger partial charge in [0.15, 0.2) is 5.69 Å². The van der Waals surface area contributed by atoms with Gasteiger partial charge in [-0.25, -0.2) is 19.6 Å². The molecule has 0 saturated carbocycles. The molecule has 5 atom stereocenters. The van der Waals surface area contributed by atoms with E-state index < -0.39 is 17.5 Å². The van der Waals surface area contributed by atoms with Crippen molar-refractivity contribution in [2.24, 2.45) is 0 Å². The number of hydrogen-bond acceptors (Lipinski definition) is 15. The van der Waals surface area contributed by atoms with Crippen LogP contribution < -0.4 is 19.9 Å². The second kappa shape index (κ2) is 18.7. The van der Waals surface area contributed by atoms with E-state index in [1.54, 1.807) is 30.0 Å². The van der Waals surface area contributed by atoms with E-state index >= 15 is 0 Å². The van der Waals surface area contributed by atoms with Crippen molar-refractivity contribution in [3.63, 3.8) is 0 Å². The Morgan fingerprint density at radius 2 is 1.57 bits per heavy atom. The fourth-order valence-corrected chi connectivity index (χ4v) is 9.55. The minimum atomic E-state index is -0.530. The molecular formula is C46H55ClN10O8. The summed E-state index contributed by atoms with van der Waals surface area (Å²) in [7, 11) is 2.08. The van der Waals surface area contributed by atoms with Crippen molar-refractivity contribution in [3.8, 4) is 11.8 Å². The van der Waals surface area contributed by atoms with Gasteiger partial charge in [-0.3, -0.25) is 9.59 Å². The summed E-state index contributed by atoms with van der Waals surface area (Å²) in [5, 5.41) is 14.8. The predicted octanol–water partition coefficient (Wildman–Crippen LogP) is 5.54. The van der Waals surface area contributed by atoms with E-state index in [1.165, 1.54) is 12.1 Å². The molecule has 5 fully saturated rings. The number of nitrogens with zero attached hydrogens (tertiary/aromatic N) is 9. The average Bonchev–Trinajstić information content (AvgIpc) is 4.13. The Morgan fingerprint density at radius 1 is 0.892 bits per heavy atom. The largest absolute Gasteiger partial charge is 0.508 e. The molecule has 2 aromatic heterocycles. The highest BCUT2D eigenvalue weighted by molar-refractivity contribution is 6.28. The van der Waals surface area contributed by atoms with Gasteiger partial charge in [-0.2, -0.15) is 9.97 Å². The number of hydrogen-bond donors (Lipinski definition) is 2. The standard InChI is InChI=1S/C29H32N6O4.C17H23ClN4O4/c1-3-27(37)35-16-20-12-21(35)15-34(20)26-14-25(31-29(32-26)39-17-19-8-6-10-33(19)2)28(38)30-24-13-22(36)11-18-7-4-5-9-23(18)24;1-5-25-14(23)12-7-13(20-15(18)19-12)21-8-11-6-10(21)9-22(11)16(24)26-17(2,3)4/h3-5,7,9,11,13-14,19-21,36H,1,6,8,10,12,15-17H2,2H3,(H,30,38);7,10-11H,5-6,8-9H2,1-4H3/t19-,20-,21-;10-,11-/m00/s1. The van der Waals surface area contributed by atoms with E-state index in [9.17, 15) is 24.3 Å². The van der Waals surface area contributed by atoms with Crippen LogP contribution in [-0.4, -0.2) is 152 Å². The molecule has 19 heteroatoms. The number of aromatic hydroxyl groups is 1. The molecular weight excluding hydrogens is 856 g/mol. The van der Waals surface area contributed by atoms with Gasteiger partial charge in [-0.05, 0) is 96.1 Å².